The Morgan fingerprint density at radius 3 is 2.63 bits per heavy atom. The molecule has 0 aliphatic heterocycles. The highest BCUT2D eigenvalue weighted by molar-refractivity contribution is 6.36. The van der Waals surface area contributed by atoms with Crippen molar-refractivity contribution in [2.75, 3.05) is 5.32 Å². The van der Waals surface area contributed by atoms with Crippen LogP contribution in [0, 0.1) is 0 Å². The average Bonchev–Trinajstić information content (AvgIpc) is 2.74. The first-order valence-corrected chi connectivity index (χ1v) is 6.74. The van der Waals surface area contributed by atoms with E-state index in [2.05, 4.69) is 10.3 Å². The summed E-state index contributed by atoms with van der Waals surface area (Å²) in [6.07, 6.45) is 0. The quantitative estimate of drug-likeness (QED) is 0.691. The molecular weight excluding hydrogens is 279 g/mol. The van der Waals surface area contributed by atoms with E-state index in [0.29, 0.717) is 11.6 Å². The third-order valence-corrected chi connectivity index (χ3v) is 3.67. The van der Waals surface area contributed by atoms with Gasteiger partial charge in [-0.15, -0.1) is 0 Å². The molecule has 0 radical (unpaired) electrons. The van der Waals surface area contributed by atoms with Crippen molar-refractivity contribution in [3.05, 3.63) is 64.3 Å². The fraction of sp³-hybridized carbons (Fsp3) is 0.0667. The number of hydrogen-bond donors (Lipinski definition) is 2. The summed E-state index contributed by atoms with van der Waals surface area (Å²) < 4.78 is 0. The Kier molecular flexibility index (Phi) is 3.36. The summed E-state index contributed by atoms with van der Waals surface area (Å²) in [5, 5.41) is 5.84. The van der Waals surface area contributed by atoms with Crippen LogP contribution in [0.5, 0.6) is 0 Å². The number of hydrogen-bond acceptors (Lipinski definition) is 1. The molecule has 3 rings (SSSR count). The second-order valence-electron chi connectivity index (χ2n) is 4.33. The van der Waals surface area contributed by atoms with E-state index in [9.17, 15) is 0 Å². The summed E-state index contributed by atoms with van der Waals surface area (Å²) in [4.78, 5) is 3.32. The van der Waals surface area contributed by atoms with Crippen LogP contribution in [0.4, 0.5) is 5.69 Å². The van der Waals surface area contributed by atoms with Crippen molar-refractivity contribution < 1.29 is 0 Å². The van der Waals surface area contributed by atoms with Crippen LogP contribution in [-0.2, 0) is 6.54 Å². The van der Waals surface area contributed by atoms with Gasteiger partial charge in [0.15, 0.2) is 0 Å². The van der Waals surface area contributed by atoms with Crippen molar-refractivity contribution >= 4 is 39.8 Å². The van der Waals surface area contributed by atoms with E-state index < -0.39 is 0 Å². The SMILES string of the molecule is Clc1cccc(NCc2[nH]c3ccccc3c2Cl)c1. The molecular formula is C15H12Cl2N2. The zero-order valence-corrected chi connectivity index (χ0v) is 11.6. The van der Waals surface area contributed by atoms with Gasteiger partial charge in [-0.25, -0.2) is 0 Å². The lowest BCUT2D eigenvalue weighted by molar-refractivity contribution is 1.09. The van der Waals surface area contributed by atoms with E-state index in [0.717, 1.165) is 27.3 Å². The van der Waals surface area contributed by atoms with Gasteiger partial charge in [0, 0.05) is 21.6 Å². The third-order valence-electron chi connectivity index (χ3n) is 3.01. The second-order valence-corrected chi connectivity index (χ2v) is 5.14. The van der Waals surface area contributed by atoms with Gasteiger partial charge in [-0.1, -0.05) is 47.5 Å². The van der Waals surface area contributed by atoms with Crippen molar-refractivity contribution in [3.63, 3.8) is 0 Å². The summed E-state index contributed by atoms with van der Waals surface area (Å²) in [6, 6.07) is 15.6. The normalized spacial score (nSPS) is 10.8. The molecule has 0 aliphatic rings. The molecule has 0 atom stereocenters. The Labute approximate surface area is 121 Å². The third kappa shape index (κ3) is 2.55. The smallest absolute Gasteiger partial charge is 0.0710 e. The largest absolute Gasteiger partial charge is 0.379 e. The van der Waals surface area contributed by atoms with Crippen LogP contribution in [0.15, 0.2) is 48.5 Å². The molecule has 0 fully saturated rings. The van der Waals surface area contributed by atoms with E-state index in [1.54, 1.807) is 0 Å². The molecule has 2 aromatic carbocycles. The number of fused-ring (bicyclic) bond motifs is 1. The van der Waals surface area contributed by atoms with Gasteiger partial charge >= 0.3 is 0 Å². The number of aromatic amines is 1. The molecule has 2 nitrogen and oxygen atoms in total. The van der Waals surface area contributed by atoms with E-state index in [4.69, 9.17) is 23.2 Å². The minimum absolute atomic E-state index is 0.633. The molecule has 3 aromatic rings. The molecule has 0 spiro atoms. The Balaban J connectivity index is 1.84. The van der Waals surface area contributed by atoms with E-state index >= 15 is 0 Å². The number of para-hydroxylation sites is 1. The van der Waals surface area contributed by atoms with Crippen molar-refractivity contribution in [3.8, 4) is 0 Å². The Bertz CT molecular complexity index is 719. The number of halogens is 2. The van der Waals surface area contributed by atoms with Crippen molar-refractivity contribution in [2.24, 2.45) is 0 Å². The molecule has 0 saturated carbocycles. The lowest BCUT2D eigenvalue weighted by Crippen LogP contribution is -1.99. The van der Waals surface area contributed by atoms with Gasteiger partial charge in [-0.3, -0.25) is 0 Å². The van der Waals surface area contributed by atoms with Crippen molar-refractivity contribution in [1.29, 1.82) is 0 Å². The van der Waals surface area contributed by atoms with Gasteiger partial charge in [0.2, 0.25) is 0 Å². The minimum Gasteiger partial charge on any atom is -0.379 e. The summed E-state index contributed by atoms with van der Waals surface area (Å²) in [5.74, 6) is 0. The molecule has 1 heterocycles. The van der Waals surface area contributed by atoms with Crippen LogP contribution in [0.3, 0.4) is 0 Å². The van der Waals surface area contributed by atoms with Crippen LogP contribution in [0.2, 0.25) is 10.0 Å². The first-order valence-electron chi connectivity index (χ1n) is 5.98. The maximum Gasteiger partial charge on any atom is 0.0710 e. The molecule has 0 aliphatic carbocycles. The number of anilines is 1. The number of rotatable bonds is 3. The van der Waals surface area contributed by atoms with Crippen LogP contribution >= 0.6 is 23.2 Å². The summed E-state index contributed by atoms with van der Waals surface area (Å²) >= 11 is 12.3. The highest BCUT2D eigenvalue weighted by Crippen LogP contribution is 2.27. The first-order chi connectivity index (χ1) is 9.24. The summed E-state index contributed by atoms with van der Waals surface area (Å²) in [6.45, 7) is 0.633. The van der Waals surface area contributed by atoms with Crippen LogP contribution in [0.1, 0.15) is 5.69 Å². The molecule has 19 heavy (non-hydrogen) atoms. The Morgan fingerprint density at radius 1 is 1.00 bits per heavy atom. The fourth-order valence-electron chi connectivity index (χ4n) is 2.07. The van der Waals surface area contributed by atoms with E-state index in [1.807, 2.05) is 48.5 Å². The lowest BCUT2D eigenvalue weighted by Gasteiger charge is -2.05. The Morgan fingerprint density at radius 2 is 1.84 bits per heavy atom. The lowest BCUT2D eigenvalue weighted by atomic mass is 10.2. The number of H-pyrrole nitrogens is 1. The summed E-state index contributed by atoms with van der Waals surface area (Å²) in [5.41, 5.74) is 3.00. The number of benzene rings is 2. The molecule has 1 aromatic heterocycles. The second kappa shape index (κ2) is 5.16. The highest BCUT2D eigenvalue weighted by atomic mass is 35.5. The van der Waals surface area contributed by atoms with Gasteiger partial charge in [0.1, 0.15) is 0 Å². The molecule has 0 saturated heterocycles. The maximum absolute atomic E-state index is 6.36. The molecule has 96 valence electrons. The molecule has 4 heteroatoms. The molecule has 0 amide bonds. The van der Waals surface area contributed by atoms with Gasteiger partial charge in [-0.2, -0.15) is 0 Å². The molecule has 2 N–H and O–H groups in total. The van der Waals surface area contributed by atoms with Crippen molar-refractivity contribution in [1.82, 2.24) is 4.98 Å². The van der Waals surface area contributed by atoms with Crippen LogP contribution < -0.4 is 5.32 Å². The predicted molar refractivity (Wildman–Crippen MR) is 82.1 cm³/mol. The predicted octanol–water partition coefficient (Wildman–Crippen LogP) is 5.09. The zero-order valence-electron chi connectivity index (χ0n) is 10.1. The van der Waals surface area contributed by atoms with Gasteiger partial charge in [0.25, 0.3) is 0 Å². The van der Waals surface area contributed by atoms with Gasteiger partial charge < -0.3 is 10.3 Å². The van der Waals surface area contributed by atoms with Gasteiger partial charge in [0.05, 0.1) is 17.3 Å². The van der Waals surface area contributed by atoms with Crippen LogP contribution in [-0.4, -0.2) is 4.98 Å². The maximum atomic E-state index is 6.36. The van der Waals surface area contributed by atoms with E-state index in [1.165, 1.54) is 0 Å². The minimum atomic E-state index is 0.633. The zero-order chi connectivity index (χ0) is 13.2. The molecule has 0 bridgehead atoms. The highest BCUT2D eigenvalue weighted by Gasteiger charge is 2.08. The topological polar surface area (TPSA) is 27.8 Å². The Hall–Kier alpha value is -1.64. The summed E-state index contributed by atoms with van der Waals surface area (Å²) in [7, 11) is 0. The van der Waals surface area contributed by atoms with Crippen LogP contribution in [0.25, 0.3) is 10.9 Å². The fourth-order valence-corrected chi connectivity index (χ4v) is 2.54. The monoisotopic (exact) mass is 290 g/mol. The number of aromatic nitrogens is 1. The molecule has 0 unspecified atom stereocenters. The first kappa shape index (κ1) is 12.4. The van der Waals surface area contributed by atoms with Gasteiger partial charge in [-0.05, 0) is 24.3 Å². The van der Waals surface area contributed by atoms with E-state index in [-0.39, 0.29) is 0 Å². The van der Waals surface area contributed by atoms with Crippen molar-refractivity contribution in [2.45, 2.75) is 6.54 Å². The standard InChI is InChI=1S/C15H12Cl2N2/c16-10-4-3-5-11(8-10)18-9-14-15(17)12-6-1-2-7-13(12)19-14/h1-8,18-19H,9H2. The average molecular weight is 291 g/mol. The number of nitrogens with one attached hydrogen (secondary N) is 2.